The number of hydrogen-bond acceptors (Lipinski definition) is 3. The van der Waals surface area contributed by atoms with Gasteiger partial charge in [-0.2, -0.15) is 0 Å². The largest absolute Gasteiger partial charge is 0.504 e. The second kappa shape index (κ2) is 5.04. The number of likely N-dealkylation sites (tertiary alicyclic amines) is 1. The van der Waals surface area contributed by atoms with Crippen LogP contribution in [-0.2, 0) is 12.8 Å². The Balaban J connectivity index is 1.90. The number of nitrogens with zero attached hydrogens (tertiary/aromatic N) is 1. The van der Waals surface area contributed by atoms with E-state index < -0.39 is 0 Å². The first-order valence-electron chi connectivity index (χ1n) is 7.47. The zero-order valence-corrected chi connectivity index (χ0v) is 11.6. The second-order valence-corrected chi connectivity index (χ2v) is 5.98. The van der Waals surface area contributed by atoms with E-state index in [4.69, 9.17) is 0 Å². The van der Waals surface area contributed by atoms with Crippen molar-refractivity contribution in [3.8, 4) is 11.5 Å². The van der Waals surface area contributed by atoms with Crippen LogP contribution in [0, 0.1) is 5.92 Å². The molecule has 0 aromatic heterocycles. The van der Waals surface area contributed by atoms with Crippen molar-refractivity contribution in [2.45, 2.75) is 45.1 Å². The molecule has 2 N–H and O–H groups in total. The molecular weight excluding hydrogens is 238 g/mol. The fourth-order valence-corrected chi connectivity index (χ4v) is 3.88. The van der Waals surface area contributed by atoms with E-state index in [0.29, 0.717) is 12.0 Å². The summed E-state index contributed by atoms with van der Waals surface area (Å²) in [5.41, 5.74) is 2.21. The SMILES string of the molecule is CCCN1CCC[C@H]2Cc3c(ccc(O)c3O)C[C@H]21. The highest BCUT2D eigenvalue weighted by Crippen LogP contribution is 2.41. The van der Waals surface area contributed by atoms with E-state index in [1.54, 1.807) is 6.07 Å². The van der Waals surface area contributed by atoms with E-state index in [1.165, 1.54) is 37.9 Å². The zero-order valence-electron chi connectivity index (χ0n) is 11.6. The summed E-state index contributed by atoms with van der Waals surface area (Å²) in [6.45, 7) is 4.64. The van der Waals surface area contributed by atoms with Crippen molar-refractivity contribution < 1.29 is 10.2 Å². The van der Waals surface area contributed by atoms with Gasteiger partial charge in [0.15, 0.2) is 11.5 Å². The number of piperidine rings is 1. The van der Waals surface area contributed by atoms with E-state index in [1.807, 2.05) is 6.07 Å². The summed E-state index contributed by atoms with van der Waals surface area (Å²) < 4.78 is 0. The first-order chi connectivity index (χ1) is 9.20. The molecule has 1 aliphatic carbocycles. The van der Waals surface area contributed by atoms with Crippen LogP contribution < -0.4 is 0 Å². The van der Waals surface area contributed by atoms with Crippen molar-refractivity contribution >= 4 is 0 Å². The van der Waals surface area contributed by atoms with E-state index in [2.05, 4.69) is 11.8 Å². The molecule has 1 saturated heterocycles. The topological polar surface area (TPSA) is 43.7 Å². The Labute approximate surface area is 114 Å². The number of phenols is 2. The van der Waals surface area contributed by atoms with E-state index in [-0.39, 0.29) is 11.5 Å². The van der Waals surface area contributed by atoms with Crippen LogP contribution in [0.2, 0.25) is 0 Å². The predicted molar refractivity (Wildman–Crippen MR) is 75.6 cm³/mol. The van der Waals surface area contributed by atoms with Gasteiger partial charge in [0, 0.05) is 11.6 Å². The minimum atomic E-state index is 0.0263. The Morgan fingerprint density at radius 2 is 2.11 bits per heavy atom. The minimum absolute atomic E-state index is 0.0263. The van der Waals surface area contributed by atoms with Crippen molar-refractivity contribution in [3.05, 3.63) is 23.3 Å². The maximum absolute atomic E-state index is 10.0. The van der Waals surface area contributed by atoms with Gasteiger partial charge in [-0.3, -0.25) is 4.90 Å². The van der Waals surface area contributed by atoms with Gasteiger partial charge in [-0.05, 0) is 62.7 Å². The summed E-state index contributed by atoms with van der Waals surface area (Å²) in [5.74, 6) is 0.780. The summed E-state index contributed by atoms with van der Waals surface area (Å²) in [6, 6.07) is 4.24. The van der Waals surface area contributed by atoms with Gasteiger partial charge < -0.3 is 10.2 Å². The Bertz CT molecular complexity index is 470. The van der Waals surface area contributed by atoms with Crippen LogP contribution in [0.15, 0.2) is 12.1 Å². The molecule has 0 unspecified atom stereocenters. The maximum atomic E-state index is 10.0. The van der Waals surface area contributed by atoms with Crippen LogP contribution in [0.25, 0.3) is 0 Å². The molecule has 3 nitrogen and oxygen atoms in total. The van der Waals surface area contributed by atoms with Crippen molar-refractivity contribution in [1.82, 2.24) is 4.90 Å². The van der Waals surface area contributed by atoms with Crippen molar-refractivity contribution in [1.29, 1.82) is 0 Å². The fraction of sp³-hybridized carbons (Fsp3) is 0.625. The first kappa shape index (κ1) is 12.8. The molecule has 3 rings (SSSR count). The zero-order chi connectivity index (χ0) is 13.4. The van der Waals surface area contributed by atoms with Gasteiger partial charge in [-0.15, -0.1) is 0 Å². The highest BCUT2D eigenvalue weighted by atomic mass is 16.3. The third-order valence-electron chi connectivity index (χ3n) is 4.80. The van der Waals surface area contributed by atoms with Crippen LogP contribution in [-0.4, -0.2) is 34.2 Å². The van der Waals surface area contributed by atoms with Crippen LogP contribution >= 0.6 is 0 Å². The Kier molecular flexibility index (Phi) is 3.40. The van der Waals surface area contributed by atoms with Gasteiger partial charge in [0.2, 0.25) is 0 Å². The van der Waals surface area contributed by atoms with Crippen LogP contribution in [0.5, 0.6) is 11.5 Å². The molecule has 1 aliphatic heterocycles. The molecule has 0 spiro atoms. The summed E-state index contributed by atoms with van der Waals surface area (Å²) >= 11 is 0. The normalized spacial score (nSPS) is 26.8. The Hall–Kier alpha value is -1.22. The lowest BCUT2D eigenvalue weighted by Gasteiger charge is -2.44. The van der Waals surface area contributed by atoms with E-state index in [0.717, 1.165) is 18.4 Å². The number of phenolic OH excluding ortho intramolecular Hbond substituents is 2. The fourth-order valence-electron chi connectivity index (χ4n) is 3.88. The Morgan fingerprint density at radius 3 is 2.89 bits per heavy atom. The Morgan fingerprint density at radius 1 is 1.26 bits per heavy atom. The predicted octanol–water partition coefficient (Wildman–Crippen LogP) is 2.69. The van der Waals surface area contributed by atoms with Gasteiger partial charge in [0.25, 0.3) is 0 Å². The minimum Gasteiger partial charge on any atom is -0.504 e. The maximum Gasteiger partial charge on any atom is 0.160 e. The lowest BCUT2D eigenvalue weighted by molar-refractivity contribution is 0.0848. The summed E-state index contributed by atoms with van der Waals surface area (Å²) in [6.07, 6.45) is 5.65. The molecule has 1 aromatic carbocycles. The number of benzene rings is 1. The molecule has 0 amide bonds. The molecule has 3 heteroatoms. The molecule has 19 heavy (non-hydrogen) atoms. The van der Waals surface area contributed by atoms with Gasteiger partial charge in [0.1, 0.15) is 0 Å². The van der Waals surface area contributed by atoms with Gasteiger partial charge in [-0.25, -0.2) is 0 Å². The summed E-state index contributed by atoms with van der Waals surface area (Å²) in [5, 5.41) is 19.7. The molecule has 1 aromatic rings. The molecule has 2 atom stereocenters. The highest BCUT2D eigenvalue weighted by Gasteiger charge is 2.36. The number of hydrogen-bond donors (Lipinski definition) is 2. The molecule has 2 aliphatic rings. The molecule has 0 saturated carbocycles. The van der Waals surface area contributed by atoms with Gasteiger partial charge in [0.05, 0.1) is 0 Å². The molecule has 104 valence electrons. The molecule has 1 fully saturated rings. The number of fused-ring (bicyclic) bond motifs is 2. The van der Waals surface area contributed by atoms with Gasteiger partial charge in [-0.1, -0.05) is 13.0 Å². The van der Waals surface area contributed by atoms with Crippen LogP contribution in [0.1, 0.15) is 37.3 Å². The monoisotopic (exact) mass is 261 g/mol. The van der Waals surface area contributed by atoms with Crippen LogP contribution in [0.3, 0.4) is 0 Å². The summed E-state index contributed by atoms with van der Waals surface area (Å²) in [7, 11) is 0. The number of aromatic hydroxyl groups is 2. The highest BCUT2D eigenvalue weighted by molar-refractivity contribution is 5.50. The average molecular weight is 261 g/mol. The van der Waals surface area contributed by atoms with Crippen LogP contribution in [0.4, 0.5) is 0 Å². The molecule has 0 bridgehead atoms. The molecule has 0 radical (unpaired) electrons. The molecule has 1 heterocycles. The first-order valence-corrected chi connectivity index (χ1v) is 7.47. The van der Waals surface area contributed by atoms with Crippen molar-refractivity contribution in [2.75, 3.05) is 13.1 Å². The lowest BCUT2D eigenvalue weighted by atomic mass is 9.75. The van der Waals surface area contributed by atoms with E-state index >= 15 is 0 Å². The second-order valence-electron chi connectivity index (χ2n) is 5.98. The standard InChI is InChI=1S/C16H23NO2/c1-2-7-17-8-3-4-12-9-13-11(10-14(12)17)5-6-15(18)16(13)19/h5-6,12,14,18-19H,2-4,7-10H2,1H3/t12-,14+/m0/s1. The third kappa shape index (κ3) is 2.20. The lowest BCUT2D eigenvalue weighted by Crippen LogP contribution is -2.49. The quantitative estimate of drug-likeness (QED) is 0.804. The van der Waals surface area contributed by atoms with Crippen molar-refractivity contribution in [3.63, 3.8) is 0 Å². The van der Waals surface area contributed by atoms with Gasteiger partial charge >= 0.3 is 0 Å². The summed E-state index contributed by atoms with van der Waals surface area (Å²) in [4.78, 5) is 2.63. The average Bonchev–Trinajstić information content (AvgIpc) is 2.42. The molecular formula is C16H23NO2. The third-order valence-corrected chi connectivity index (χ3v) is 4.80. The smallest absolute Gasteiger partial charge is 0.160 e. The number of rotatable bonds is 2. The van der Waals surface area contributed by atoms with E-state index in [9.17, 15) is 10.2 Å². The van der Waals surface area contributed by atoms with Crippen molar-refractivity contribution in [2.24, 2.45) is 5.92 Å².